The Morgan fingerprint density at radius 2 is 1.59 bits per heavy atom. The number of aromatic amines is 1. The van der Waals surface area contributed by atoms with E-state index in [2.05, 4.69) is 14.8 Å². The molecule has 1 saturated heterocycles. The summed E-state index contributed by atoms with van der Waals surface area (Å²) >= 11 is 6.11. The van der Waals surface area contributed by atoms with Crippen LogP contribution in [0, 0.1) is 5.82 Å². The van der Waals surface area contributed by atoms with Gasteiger partial charge >= 0.3 is 5.69 Å². The molecule has 0 spiro atoms. The lowest BCUT2D eigenvalue weighted by atomic mass is 9.96. The van der Waals surface area contributed by atoms with Gasteiger partial charge in [0.05, 0.1) is 17.1 Å². The number of fused-ring (bicyclic) bond motifs is 1. The van der Waals surface area contributed by atoms with Gasteiger partial charge in [-0.2, -0.15) is 0 Å². The summed E-state index contributed by atoms with van der Waals surface area (Å²) in [7, 11) is 0. The first-order valence-corrected chi connectivity index (χ1v) is 12.1. The molecule has 0 aliphatic carbocycles. The summed E-state index contributed by atoms with van der Waals surface area (Å²) in [5.41, 5.74) is 3.51. The van der Waals surface area contributed by atoms with E-state index in [1.54, 1.807) is 6.07 Å². The summed E-state index contributed by atoms with van der Waals surface area (Å²) in [6.07, 6.45) is 0.898. The molecule has 0 radical (unpaired) electrons. The average Bonchev–Trinajstić information content (AvgIpc) is 3.17. The SMILES string of the molecule is O=c1[nH]c2ccccc2n1CCCN1CCN(C(c2ccc(Cl)cc2)c2ccccc2F)CC1. The minimum absolute atomic E-state index is 0.0540. The standard InChI is InChI=1S/C27H28ClFN4O/c28-21-12-10-20(11-13-21)26(22-6-1-2-7-23(22)29)32-18-16-31(17-19-32)14-5-15-33-25-9-4-3-8-24(25)30-27(33)34/h1-4,6-13,26H,5,14-19H2,(H,30,34). The second-order valence-electron chi connectivity index (χ2n) is 8.81. The normalized spacial score (nSPS) is 16.2. The quantitative estimate of drug-likeness (QED) is 0.410. The first kappa shape index (κ1) is 22.8. The molecule has 1 unspecified atom stereocenters. The molecular formula is C27H28ClFN4O. The van der Waals surface area contributed by atoms with Gasteiger partial charge < -0.3 is 9.88 Å². The van der Waals surface area contributed by atoms with Gasteiger partial charge in [0.2, 0.25) is 0 Å². The highest BCUT2D eigenvalue weighted by Crippen LogP contribution is 2.32. The Bertz CT molecular complexity index is 1310. The molecule has 1 aromatic heterocycles. The van der Waals surface area contributed by atoms with Crippen LogP contribution in [0.2, 0.25) is 5.02 Å². The molecule has 1 aliphatic rings. The first-order valence-electron chi connectivity index (χ1n) is 11.7. The van der Waals surface area contributed by atoms with Crippen molar-refractivity contribution < 1.29 is 4.39 Å². The van der Waals surface area contributed by atoms with Crippen molar-refractivity contribution in [2.75, 3.05) is 32.7 Å². The molecule has 34 heavy (non-hydrogen) atoms. The lowest BCUT2D eigenvalue weighted by Gasteiger charge is -2.40. The van der Waals surface area contributed by atoms with Gasteiger partial charge in [-0.05, 0) is 48.9 Å². The zero-order chi connectivity index (χ0) is 23.5. The van der Waals surface area contributed by atoms with E-state index < -0.39 is 0 Å². The second kappa shape index (κ2) is 10.1. The van der Waals surface area contributed by atoms with Crippen molar-refractivity contribution in [3.05, 3.63) is 105 Å². The minimum Gasteiger partial charge on any atom is -0.306 e. The van der Waals surface area contributed by atoms with E-state index in [4.69, 9.17) is 11.6 Å². The first-order chi connectivity index (χ1) is 16.6. The molecule has 0 amide bonds. The number of hydrogen-bond donors (Lipinski definition) is 1. The monoisotopic (exact) mass is 478 g/mol. The topological polar surface area (TPSA) is 44.3 Å². The van der Waals surface area contributed by atoms with Crippen LogP contribution in [0.5, 0.6) is 0 Å². The highest BCUT2D eigenvalue weighted by Gasteiger charge is 2.28. The molecule has 176 valence electrons. The molecule has 1 aliphatic heterocycles. The third-order valence-corrected chi connectivity index (χ3v) is 6.95. The number of benzene rings is 3. The van der Waals surface area contributed by atoms with E-state index >= 15 is 0 Å². The van der Waals surface area contributed by atoms with E-state index in [-0.39, 0.29) is 17.5 Å². The van der Waals surface area contributed by atoms with Crippen molar-refractivity contribution in [2.45, 2.75) is 19.0 Å². The third kappa shape index (κ3) is 4.80. The number of rotatable bonds is 7. The molecule has 1 N–H and O–H groups in total. The Morgan fingerprint density at radius 1 is 0.882 bits per heavy atom. The van der Waals surface area contributed by atoms with Crippen LogP contribution < -0.4 is 5.69 Å². The summed E-state index contributed by atoms with van der Waals surface area (Å²) in [5, 5.41) is 0.676. The van der Waals surface area contributed by atoms with Gasteiger partial charge in [0, 0.05) is 43.3 Å². The van der Waals surface area contributed by atoms with E-state index in [0.717, 1.165) is 55.7 Å². The van der Waals surface area contributed by atoms with Crippen LogP contribution in [0.4, 0.5) is 4.39 Å². The average molecular weight is 479 g/mol. The number of hydrogen-bond acceptors (Lipinski definition) is 3. The number of aromatic nitrogens is 2. The lowest BCUT2D eigenvalue weighted by molar-refractivity contribution is 0.106. The Kier molecular flexibility index (Phi) is 6.81. The number of aryl methyl sites for hydroxylation is 1. The zero-order valence-electron chi connectivity index (χ0n) is 19.0. The fourth-order valence-electron chi connectivity index (χ4n) is 4.96. The van der Waals surface area contributed by atoms with Crippen LogP contribution in [-0.4, -0.2) is 52.1 Å². The predicted octanol–water partition coefficient (Wildman–Crippen LogP) is 4.92. The Balaban J connectivity index is 1.24. The van der Waals surface area contributed by atoms with Gasteiger partial charge in [-0.25, -0.2) is 9.18 Å². The minimum atomic E-state index is -0.186. The summed E-state index contributed by atoms with van der Waals surface area (Å²) in [5.74, 6) is -0.186. The summed E-state index contributed by atoms with van der Waals surface area (Å²) < 4.78 is 16.6. The number of nitrogens with zero attached hydrogens (tertiary/aromatic N) is 3. The van der Waals surface area contributed by atoms with Crippen molar-refractivity contribution in [3.8, 4) is 0 Å². The number of piperazine rings is 1. The van der Waals surface area contributed by atoms with Gasteiger partial charge in [-0.3, -0.25) is 9.47 Å². The molecule has 1 atom stereocenters. The molecule has 5 nitrogen and oxygen atoms in total. The maximum absolute atomic E-state index is 14.8. The number of halogens is 2. The van der Waals surface area contributed by atoms with Crippen LogP contribution in [-0.2, 0) is 6.54 Å². The van der Waals surface area contributed by atoms with Crippen LogP contribution in [0.1, 0.15) is 23.6 Å². The van der Waals surface area contributed by atoms with Crippen LogP contribution >= 0.6 is 11.6 Å². The maximum Gasteiger partial charge on any atom is 0.326 e. The van der Waals surface area contributed by atoms with Crippen LogP contribution in [0.15, 0.2) is 77.6 Å². The van der Waals surface area contributed by atoms with E-state index in [1.165, 1.54) is 6.07 Å². The van der Waals surface area contributed by atoms with Crippen molar-refractivity contribution in [1.82, 2.24) is 19.4 Å². The lowest BCUT2D eigenvalue weighted by Crippen LogP contribution is -2.48. The summed E-state index contributed by atoms with van der Waals surface area (Å²) in [6, 6.07) is 22.4. The Morgan fingerprint density at radius 3 is 2.35 bits per heavy atom. The van der Waals surface area contributed by atoms with Crippen molar-refractivity contribution in [3.63, 3.8) is 0 Å². The van der Waals surface area contributed by atoms with Gasteiger partial charge in [-0.15, -0.1) is 0 Å². The molecule has 3 aromatic carbocycles. The molecule has 0 saturated carbocycles. The molecular weight excluding hydrogens is 451 g/mol. The van der Waals surface area contributed by atoms with Crippen molar-refractivity contribution >= 4 is 22.6 Å². The van der Waals surface area contributed by atoms with Gasteiger partial charge in [0.15, 0.2) is 0 Å². The summed E-state index contributed by atoms with van der Waals surface area (Å²) in [6.45, 7) is 5.10. The highest BCUT2D eigenvalue weighted by molar-refractivity contribution is 6.30. The zero-order valence-corrected chi connectivity index (χ0v) is 19.7. The van der Waals surface area contributed by atoms with Crippen molar-refractivity contribution in [2.24, 2.45) is 0 Å². The summed E-state index contributed by atoms with van der Waals surface area (Å²) in [4.78, 5) is 20.0. The van der Waals surface area contributed by atoms with Gasteiger partial charge in [-0.1, -0.05) is 54.1 Å². The fraction of sp³-hybridized carbons (Fsp3) is 0.296. The Labute approximate surface area is 203 Å². The Hall–Kier alpha value is -2.93. The van der Waals surface area contributed by atoms with Crippen LogP contribution in [0.3, 0.4) is 0 Å². The maximum atomic E-state index is 14.8. The molecule has 7 heteroatoms. The molecule has 5 rings (SSSR count). The molecule has 2 heterocycles. The van der Waals surface area contributed by atoms with E-state index in [1.807, 2.05) is 65.2 Å². The largest absolute Gasteiger partial charge is 0.326 e. The number of imidazole rings is 1. The van der Waals surface area contributed by atoms with Gasteiger partial charge in [0.1, 0.15) is 5.82 Å². The fourth-order valence-corrected chi connectivity index (χ4v) is 5.08. The molecule has 4 aromatic rings. The predicted molar refractivity (Wildman–Crippen MR) is 135 cm³/mol. The smallest absolute Gasteiger partial charge is 0.306 e. The molecule has 1 fully saturated rings. The highest BCUT2D eigenvalue weighted by atomic mass is 35.5. The van der Waals surface area contributed by atoms with Crippen molar-refractivity contribution in [1.29, 1.82) is 0 Å². The number of H-pyrrole nitrogens is 1. The third-order valence-electron chi connectivity index (χ3n) is 6.70. The van der Waals surface area contributed by atoms with Crippen LogP contribution in [0.25, 0.3) is 11.0 Å². The van der Waals surface area contributed by atoms with E-state index in [0.29, 0.717) is 17.1 Å². The second-order valence-corrected chi connectivity index (χ2v) is 9.24. The number of nitrogens with one attached hydrogen (secondary N) is 1. The molecule has 0 bridgehead atoms. The number of para-hydroxylation sites is 2. The van der Waals surface area contributed by atoms with Gasteiger partial charge in [0.25, 0.3) is 0 Å². The van der Waals surface area contributed by atoms with E-state index in [9.17, 15) is 9.18 Å².